The molecule has 0 amide bonds. The molecule has 10 heteroatoms. The van der Waals surface area contributed by atoms with Crippen LogP contribution in [0.5, 0.6) is 0 Å². The monoisotopic (exact) mass is 738 g/mol. The third-order valence-electron chi connectivity index (χ3n) is 10.3. The average Bonchev–Trinajstić information content (AvgIpc) is 3.89. The Morgan fingerprint density at radius 2 is 0.923 bits per heavy atom. The van der Waals surface area contributed by atoms with Crippen molar-refractivity contribution in [3.8, 4) is 0 Å². The minimum atomic E-state index is -0.0244. The lowest BCUT2D eigenvalue weighted by molar-refractivity contribution is 0.0542. The Morgan fingerprint density at radius 3 is 1.33 bits per heavy atom. The van der Waals surface area contributed by atoms with Crippen LogP contribution in [0.4, 0.5) is 0 Å². The van der Waals surface area contributed by atoms with Gasteiger partial charge in [0, 0.05) is 68.1 Å². The summed E-state index contributed by atoms with van der Waals surface area (Å²) in [6.07, 6.45) is 5.40. The van der Waals surface area contributed by atoms with Gasteiger partial charge in [0.15, 0.2) is 0 Å². The van der Waals surface area contributed by atoms with E-state index in [-0.39, 0.29) is 11.1 Å². The number of aryl methyl sites for hydroxylation is 2. The van der Waals surface area contributed by atoms with E-state index in [1.165, 1.54) is 20.9 Å². The molecule has 0 fully saturated rings. The fourth-order valence-electron chi connectivity index (χ4n) is 8.17. The maximum absolute atomic E-state index is 14.6. The number of aromatic nitrogens is 2. The highest BCUT2D eigenvalue weighted by atomic mass is 32.1. The smallest absolute Gasteiger partial charge is 0.263 e. The predicted molar refractivity (Wildman–Crippen MR) is 217 cm³/mol. The maximum Gasteiger partial charge on any atom is 0.263 e. The molecule has 8 rings (SSSR count). The summed E-state index contributed by atoms with van der Waals surface area (Å²) in [6.45, 7) is 13.4. The van der Waals surface area contributed by atoms with Crippen molar-refractivity contribution in [1.29, 1.82) is 0 Å². The molecule has 52 heavy (non-hydrogen) atoms. The molecule has 0 aliphatic carbocycles. The van der Waals surface area contributed by atoms with Crippen LogP contribution in [0.1, 0.15) is 61.4 Å². The van der Waals surface area contributed by atoms with E-state index in [9.17, 15) is 9.59 Å². The fourth-order valence-corrected chi connectivity index (χ4v) is 10.7. The largest absolute Gasteiger partial charge is 0.379 e. The summed E-state index contributed by atoms with van der Waals surface area (Å²) in [4.78, 5) is 31.7. The SMILES string of the molecule is CCCc1c(CCOCCOCC)sc2cc3c4ccc5c(=O)n6c(cc7sc(CCOCCOCC)c(CCC)c76)c6ccc(c(=O)n3c12)c4c56. The van der Waals surface area contributed by atoms with Gasteiger partial charge in [-0.1, -0.05) is 38.8 Å². The summed E-state index contributed by atoms with van der Waals surface area (Å²) in [5.74, 6) is 0. The second kappa shape index (κ2) is 15.0. The number of pyridine rings is 2. The summed E-state index contributed by atoms with van der Waals surface area (Å²) >= 11 is 3.55. The van der Waals surface area contributed by atoms with Gasteiger partial charge in [0.05, 0.1) is 71.1 Å². The first kappa shape index (κ1) is 35.4. The lowest BCUT2D eigenvalue weighted by Crippen LogP contribution is -2.17. The van der Waals surface area contributed by atoms with Crippen molar-refractivity contribution in [1.82, 2.24) is 8.80 Å². The van der Waals surface area contributed by atoms with Crippen LogP contribution in [0.3, 0.4) is 0 Å². The second-order valence-electron chi connectivity index (χ2n) is 13.5. The normalized spacial score (nSPS) is 12.6. The number of ether oxygens (including phenoxy) is 4. The first-order valence-corrected chi connectivity index (χ1v) is 20.5. The topological polar surface area (TPSA) is 79.9 Å². The van der Waals surface area contributed by atoms with Crippen LogP contribution >= 0.6 is 22.7 Å². The quantitative estimate of drug-likeness (QED) is 0.0647. The zero-order valence-corrected chi connectivity index (χ0v) is 32.2. The minimum Gasteiger partial charge on any atom is -0.379 e. The first-order chi connectivity index (χ1) is 25.5. The molecule has 0 saturated heterocycles. The van der Waals surface area contributed by atoms with Crippen molar-refractivity contribution in [2.75, 3.05) is 52.9 Å². The summed E-state index contributed by atoms with van der Waals surface area (Å²) in [5, 5.41) is 5.11. The number of rotatable bonds is 18. The lowest BCUT2D eigenvalue weighted by Gasteiger charge is -2.14. The van der Waals surface area contributed by atoms with E-state index in [0.29, 0.717) is 63.6 Å². The highest BCUT2D eigenvalue weighted by Crippen LogP contribution is 2.42. The average molecular weight is 739 g/mol. The molecule has 0 N–H and O–H groups in total. The summed E-state index contributed by atoms with van der Waals surface area (Å²) in [7, 11) is 0. The van der Waals surface area contributed by atoms with Gasteiger partial charge in [0.25, 0.3) is 11.1 Å². The molecule has 6 heterocycles. The molecule has 0 atom stereocenters. The highest BCUT2D eigenvalue weighted by molar-refractivity contribution is 7.19. The standard InChI is InChI=1S/C42H46N2O6S2/c1-5-9-27-33(15-17-49-21-19-47-7-3)51-35-23-31-25-11-14-30-38-26(12-13-29(37(25)38)41(45)43(31)39(27)35)32-24-36-40(44(32)42(30)46)28(10-6-2)34(52-36)16-18-50-22-20-48-8-4/h11-14,23-24H,5-10,15-22H2,1-4H3. The number of hydrogen-bond donors (Lipinski definition) is 0. The van der Waals surface area contributed by atoms with Gasteiger partial charge < -0.3 is 18.9 Å². The van der Waals surface area contributed by atoms with E-state index in [1.54, 1.807) is 22.7 Å². The molecule has 0 unspecified atom stereocenters. The number of hydrogen-bond acceptors (Lipinski definition) is 8. The van der Waals surface area contributed by atoms with E-state index in [1.807, 2.05) is 34.8 Å². The lowest BCUT2D eigenvalue weighted by atomic mass is 9.95. The molecule has 6 aromatic heterocycles. The number of thiophene rings is 2. The molecule has 0 radical (unpaired) electrons. The van der Waals surface area contributed by atoms with Crippen LogP contribution in [0.2, 0.25) is 0 Å². The molecule has 0 aliphatic heterocycles. The predicted octanol–water partition coefficient (Wildman–Crippen LogP) is 8.77. The van der Waals surface area contributed by atoms with E-state index < -0.39 is 0 Å². The Labute approximate surface area is 310 Å². The zero-order valence-electron chi connectivity index (χ0n) is 30.5. The van der Waals surface area contributed by atoms with Crippen molar-refractivity contribution < 1.29 is 18.9 Å². The van der Waals surface area contributed by atoms with Gasteiger partial charge in [0.2, 0.25) is 0 Å². The van der Waals surface area contributed by atoms with Crippen molar-refractivity contribution >= 4 is 86.5 Å². The summed E-state index contributed by atoms with van der Waals surface area (Å²) in [5.41, 5.74) is 6.32. The Kier molecular flexibility index (Phi) is 10.2. The van der Waals surface area contributed by atoms with Crippen LogP contribution in [0, 0.1) is 0 Å². The van der Waals surface area contributed by atoms with Crippen molar-refractivity contribution in [3.63, 3.8) is 0 Å². The molecule has 8 nitrogen and oxygen atoms in total. The molecule has 8 aromatic rings. The van der Waals surface area contributed by atoms with E-state index in [0.717, 1.165) is 91.5 Å². The molecule has 272 valence electrons. The summed E-state index contributed by atoms with van der Waals surface area (Å²) in [6, 6.07) is 12.5. The number of fused-ring (bicyclic) bond motifs is 8. The van der Waals surface area contributed by atoms with Crippen LogP contribution < -0.4 is 11.1 Å². The first-order valence-electron chi connectivity index (χ1n) is 18.8. The van der Waals surface area contributed by atoms with Gasteiger partial charge in [-0.3, -0.25) is 18.4 Å². The van der Waals surface area contributed by atoms with Gasteiger partial charge in [-0.05, 0) is 62.1 Å². The fraction of sp³-hybridized carbons (Fsp3) is 0.429. The Balaban J connectivity index is 1.26. The number of nitrogens with zero attached hydrogens (tertiary/aromatic N) is 2. The van der Waals surface area contributed by atoms with Crippen molar-refractivity contribution in [2.45, 2.75) is 66.2 Å². The Hall–Kier alpha value is -3.64. The van der Waals surface area contributed by atoms with Crippen molar-refractivity contribution in [2.24, 2.45) is 0 Å². The van der Waals surface area contributed by atoms with Crippen LogP contribution in [0.15, 0.2) is 46.0 Å². The molecule has 0 spiro atoms. The molecule has 2 aromatic carbocycles. The second-order valence-corrected chi connectivity index (χ2v) is 15.7. The molecule has 0 aliphatic rings. The number of benzene rings is 2. The minimum absolute atomic E-state index is 0.0244. The maximum atomic E-state index is 14.6. The third kappa shape index (κ3) is 5.79. The summed E-state index contributed by atoms with van der Waals surface area (Å²) < 4.78 is 28.7. The Bertz CT molecular complexity index is 2470. The van der Waals surface area contributed by atoms with Crippen LogP contribution in [-0.4, -0.2) is 61.7 Å². The van der Waals surface area contributed by atoms with Gasteiger partial charge >= 0.3 is 0 Å². The van der Waals surface area contributed by atoms with Gasteiger partial charge in [-0.15, -0.1) is 22.7 Å². The van der Waals surface area contributed by atoms with Crippen LogP contribution in [-0.2, 0) is 44.6 Å². The van der Waals surface area contributed by atoms with E-state index >= 15 is 0 Å². The highest BCUT2D eigenvalue weighted by Gasteiger charge is 2.25. The zero-order chi connectivity index (χ0) is 35.9. The van der Waals surface area contributed by atoms with Gasteiger partial charge in [-0.25, -0.2) is 0 Å². The third-order valence-corrected chi connectivity index (χ3v) is 12.8. The molecule has 0 bridgehead atoms. The van der Waals surface area contributed by atoms with Gasteiger partial charge in [0.1, 0.15) is 0 Å². The molecular formula is C42H46N2O6S2. The van der Waals surface area contributed by atoms with E-state index in [2.05, 4.69) is 38.1 Å². The van der Waals surface area contributed by atoms with E-state index in [4.69, 9.17) is 18.9 Å². The van der Waals surface area contributed by atoms with Crippen molar-refractivity contribution in [3.05, 3.63) is 78.0 Å². The molecular weight excluding hydrogens is 693 g/mol. The van der Waals surface area contributed by atoms with Crippen LogP contribution in [0.25, 0.3) is 63.8 Å². The molecule has 0 saturated carbocycles. The Morgan fingerprint density at radius 1 is 0.519 bits per heavy atom. The van der Waals surface area contributed by atoms with Gasteiger partial charge in [-0.2, -0.15) is 0 Å².